The molecular weight excluding hydrogens is 312 g/mol. The van der Waals surface area contributed by atoms with Gasteiger partial charge in [-0.1, -0.05) is 30.3 Å². The maximum absolute atomic E-state index is 12.4. The van der Waals surface area contributed by atoms with E-state index in [0.29, 0.717) is 0 Å². The van der Waals surface area contributed by atoms with Crippen LogP contribution in [0.1, 0.15) is 24.4 Å². The van der Waals surface area contributed by atoms with Crippen LogP contribution >= 0.6 is 12.4 Å². The molecule has 1 aliphatic carbocycles. The predicted molar refractivity (Wildman–Crippen MR) is 85.1 cm³/mol. The maximum Gasteiger partial charge on any atom is 0.244 e. The highest BCUT2D eigenvalue weighted by molar-refractivity contribution is 7.90. The average molecular weight is 333 g/mol. The Morgan fingerprint density at radius 3 is 2.38 bits per heavy atom. The molecule has 7 heteroatoms. The first-order valence-corrected chi connectivity index (χ1v) is 8.73. The van der Waals surface area contributed by atoms with Gasteiger partial charge in [-0.15, -0.1) is 12.4 Å². The Morgan fingerprint density at radius 2 is 1.90 bits per heavy atom. The van der Waals surface area contributed by atoms with Crippen molar-refractivity contribution in [2.75, 3.05) is 18.6 Å². The number of carbonyl (C=O) groups is 1. The molecule has 0 spiro atoms. The van der Waals surface area contributed by atoms with Gasteiger partial charge in [-0.3, -0.25) is 4.79 Å². The number of halogens is 1. The predicted octanol–water partition coefficient (Wildman–Crippen LogP) is 1.14. The van der Waals surface area contributed by atoms with Crippen LogP contribution in [0.15, 0.2) is 30.3 Å². The van der Waals surface area contributed by atoms with Gasteiger partial charge < -0.3 is 10.6 Å². The lowest BCUT2D eigenvalue weighted by Gasteiger charge is -2.25. The van der Waals surface area contributed by atoms with Gasteiger partial charge in [-0.25, -0.2) is 8.42 Å². The fourth-order valence-electron chi connectivity index (χ4n) is 2.10. The molecule has 1 atom stereocenters. The van der Waals surface area contributed by atoms with Gasteiger partial charge >= 0.3 is 0 Å². The largest absolute Gasteiger partial charge is 0.337 e. The zero-order valence-electron chi connectivity index (χ0n) is 11.9. The minimum atomic E-state index is -3.08. The smallest absolute Gasteiger partial charge is 0.244 e. The lowest BCUT2D eigenvalue weighted by molar-refractivity contribution is -0.133. The summed E-state index contributed by atoms with van der Waals surface area (Å²) in [5.74, 6) is -0.209. The van der Waals surface area contributed by atoms with Crippen molar-refractivity contribution in [3.63, 3.8) is 0 Å². The van der Waals surface area contributed by atoms with Gasteiger partial charge in [0.05, 0.1) is 5.75 Å². The summed E-state index contributed by atoms with van der Waals surface area (Å²) in [7, 11) is -3.08. The van der Waals surface area contributed by atoms with E-state index < -0.39 is 15.9 Å². The van der Waals surface area contributed by atoms with Crippen LogP contribution in [0.3, 0.4) is 0 Å². The van der Waals surface area contributed by atoms with Crippen molar-refractivity contribution in [1.82, 2.24) is 4.90 Å². The first-order chi connectivity index (χ1) is 9.38. The third kappa shape index (κ3) is 5.30. The topological polar surface area (TPSA) is 80.5 Å². The van der Waals surface area contributed by atoms with Crippen molar-refractivity contribution in [3.05, 3.63) is 35.9 Å². The third-order valence-electron chi connectivity index (χ3n) is 3.40. The second kappa shape index (κ2) is 7.24. The van der Waals surface area contributed by atoms with E-state index in [1.54, 1.807) is 4.90 Å². The van der Waals surface area contributed by atoms with E-state index >= 15 is 0 Å². The van der Waals surface area contributed by atoms with Crippen molar-refractivity contribution in [2.24, 2.45) is 5.73 Å². The van der Waals surface area contributed by atoms with Crippen LogP contribution in [0.5, 0.6) is 0 Å². The Labute approximate surface area is 131 Å². The second-order valence-electron chi connectivity index (χ2n) is 5.28. The van der Waals surface area contributed by atoms with Crippen LogP contribution < -0.4 is 5.73 Å². The molecule has 1 aliphatic rings. The van der Waals surface area contributed by atoms with Gasteiger partial charge in [-0.05, 0) is 18.4 Å². The molecule has 0 heterocycles. The minimum Gasteiger partial charge on any atom is -0.337 e. The lowest BCUT2D eigenvalue weighted by atomic mass is 10.1. The molecule has 0 aliphatic heterocycles. The molecule has 1 aromatic rings. The Hall–Kier alpha value is -1.11. The van der Waals surface area contributed by atoms with Gasteiger partial charge in [-0.2, -0.15) is 0 Å². The van der Waals surface area contributed by atoms with E-state index in [1.165, 1.54) is 6.26 Å². The highest BCUT2D eigenvalue weighted by Gasteiger charge is 2.35. The highest BCUT2D eigenvalue weighted by Crippen LogP contribution is 2.29. The van der Waals surface area contributed by atoms with Crippen molar-refractivity contribution < 1.29 is 13.2 Å². The van der Waals surface area contributed by atoms with Crippen LogP contribution in [0.25, 0.3) is 0 Å². The molecule has 1 aromatic carbocycles. The summed E-state index contributed by atoms with van der Waals surface area (Å²) in [6.45, 7) is 0.225. The van der Waals surface area contributed by atoms with E-state index in [9.17, 15) is 13.2 Å². The number of sulfone groups is 1. The molecule has 5 nitrogen and oxygen atoms in total. The van der Waals surface area contributed by atoms with Crippen molar-refractivity contribution in [1.29, 1.82) is 0 Å². The van der Waals surface area contributed by atoms with Crippen molar-refractivity contribution in [3.8, 4) is 0 Å². The normalized spacial score (nSPS) is 15.9. The number of benzene rings is 1. The van der Waals surface area contributed by atoms with Crippen LogP contribution in [0, 0.1) is 0 Å². The number of amides is 1. The summed E-state index contributed by atoms with van der Waals surface area (Å²) in [6.07, 6.45) is 3.04. The van der Waals surface area contributed by atoms with E-state index in [0.717, 1.165) is 18.4 Å². The number of hydrogen-bond donors (Lipinski definition) is 1. The molecule has 1 amide bonds. The number of hydrogen-bond acceptors (Lipinski definition) is 4. The van der Waals surface area contributed by atoms with Crippen LogP contribution in [0.4, 0.5) is 0 Å². The molecule has 0 saturated heterocycles. The van der Waals surface area contributed by atoms with E-state index in [2.05, 4.69) is 0 Å². The highest BCUT2D eigenvalue weighted by atomic mass is 35.5. The van der Waals surface area contributed by atoms with Gasteiger partial charge in [0.15, 0.2) is 0 Å². The van der Waals surface area contributed by atoms with E-state index in [4.69, 9.17) is 5.73 Å². The Balaban J connectivity index is 0.00000220. The number of carbonyl (C=O) groups excluding carboxylic acids is 1. The Kier molecular flexibility index (Phi) is 6.19. The molecule has 0 aromatic heterocycles. The van der Waals surface area contributed by atoms with Gasteiger partial charge in [0.2, 0.25) is 5.91 Å². The summed E-state index contributed by atoms with van der Waals surface area (Å²) in [5.41, 5.74) is 6.76. The van der Waals surface area contributed by atoms with Crippen molar-refractivity contribution >= 4 is 28.2 Å². The van der Waals surface area contributed by atoms with Gasteiger partial charge in [0, 0.05) is 18.8 Å². The molecule has 2 N–H and O–H groups in total. The Bertz CT molecular complexity index is 573. The average Bonchev–Trinajstić information content (AvgIpc) is 3.22. The molecular formula is C14H21ClN2O3S. The van der Waals surface area contributed by atoms with Crippen molar-refractivity contribution in [2.45, 2.75) is 24.9 Å². The number of nitrogens with two attached hydrogens (primary N) is 1. The summed E-state index contributed by atoms with van der Waals surface area (Å²) >= 11 is 0. The van der Waals surface area contributed by atoms with E-state index in [1.807, 2.05) is 30.3 Å². The van der Waals surface area contributed by atoms with Crippen LogP contribution in [-0.2, 0) is 14.6 Å². The number of nitrogens with zero attached hydrogens (tertiary/aromatic N) is 1. The summed E-state index contributed by atoms with van der Waals surface area (Å²) in [4.78, 5) is 14.1. The SMILES string of the molecule is CS(=O)(=O)CCN(C(=O)C(N)c1ccccc1)C1CC1.Cl. The molecule has 21 heavy (non-hydrogen) atoms. The van der Waals surface area contributed by atoms with E-state index in [-0.39, 0.29) is 36.7 Å². The summed E-state index contributed by atoms with van der Waals surface area (Å²) in [5, 5.41) is 0. The third-order valence-corrected chi connectivity index (χ3v) is 4.32. The monoisotopic (exact) mass is 332 g/mol. The molecule has 0 bridgehead atoms. The molecule has 1 fully saturated rings. The number of rotatable bonds is 6. The first-order valence-electron chi connectivity index (χ1n) is 6.67. The molecule has 1 unspecified atom stereocenters. The fourth-order valence-corrected chi connectivity index (χ4v) is 2.63. The maximum atomic E-state index is 12.4. The zero-order valence-corrected chi connectivity index (χ0v) is 13.6. The first kappa shape index (κ1) is 17.9. The lowest BCUT2D eigenvalue weighted by Crippen LogP contribution is -2.42. The zero-order chi connectivity index (χ0) is 14.8. The standard InChI is InChI=1S/C14H20N2O3S.ClH/c1-20(18,19)10-9-16(12-7-8-12)14(17)13(15)11-5-3-2-4-6-11;/h2-6,12-13H,7-10,15H2,1H3;1H. The van der Waals surface area contributed by atoms with Crippen LogP contribution in [0.2, 0.25) is 0 Å². The minimum absolute atomic E-state index is 0. The fraction of sp³-hybridized carbons (Fsp3) is 0.500. The molecule has 118 valence electrons. The molecule has 2 rings (SSSR count). The van der Waals surface area contributed by atoms with Gasteiger partial charge in [0.1, 0.15) is 15.9 Å². The second-order valence-corrected chi connectivity index (χ2v) is 7.54. The summed E-state index contributed by atoms with van der Waals surface area (Å²) in [6, 6.07) is 8.58. The molecule has 1 saturated carbocycles. The summed E-state index contributed by atoms with van der Waals surface area (Å²) < 4.78 is 22.5. The van der Waals surface area contributed by atoms with Gasteiger partial charge in [0.25, 0.3) is 0 Å². The van der Waals surface area contributed by atoms with Crippen LogP contribution in [-0.4, -0.2) is 43.8 Å². The molecule has 0 radical (unpaired) electrons. The Morgan fingerprint density at radius 1 is 1.33 bits per heavy atom. The quantitative estimate of drug-likeness (QED) is 0.847.